The zero-order valence-electron chi connectivity index (χ0n) is 23.4. The van der Waals surface area contributed by atoms with Gasteiger partial charge in [0.1, 0.15) is 22.3 Å². The smallest absolute Gasteiger partial charge is 0.306 e. The Kier molecular flexibility index (Phi) is 8.02. The number of nitriles is 1. The van der Waals surface area contributed by atoms with Gasteiger partial charge in [-0.15, -0.1) is 15.9 Å². The van der Waals surface area contributed by atoms with Gasteiger partial charge in [0.2, 0.25) is 0 Å². The summed E-state index contributed by atoms with van der Waals surface area (Å²) in [6.45, 7) is 6.40. The third kappa shape index (κ3) is 5.78. The molecule has 0 radical (unpaired) electrons. The highest BCUT2D eigenvalue weighted by atomic mass is 32.3. The van der Waals surface area contributed by atoms with Crippen LogP contribution in [0.1, 0.15) is 54.0 Å². The van der Waals surface area contributed by atoms with E-state index in [0.29, 0.717) is 11.3 Å². The van der Waals surface area contributed by atoms with E-state index in [-0.39, 0.29) is 49.0 Å². The number of rotatable bonds is 7. The zero-order valence-corrected chi connectivity index (χ0v) is 24.3. The Balaban J connectivity index is 1.53. The molecule has 5 rings (SSSR count). The third-order valence-corrected chi connectivity index (χ3v) is 9.26. The normalized spacial score (nSPS) is 18.0. The van der Waals surface area contributed by atoms with E-state index in [1.807, 2.05) is 57.3 Å². The van der Waals surface area contributed by atoms with E-state index in [1.54, 1.807) is 28.0 Å². The van der Waals surface area contributed by atoms with Crippen LogP contribution in [0.15, 0.2) is 59.5 Å². The topological polar surface area (TPSA) is 134 Å². The Bertz CT molecular complexity index is 1650. The molecule has 11 heteroatoms. The van der Waals surface area contributed by atoms with Crippen molar-refractivity contribution in [3.63, 3.8) is 0 Å². The molecule has 0 spiro atoms. The van der Waals surface area contributed by atoms with Crippen molar-refractivity contribution < 1.29 is 23.4 Å². The molecule has 0 aliphatic carbocycles. The molecule has 10 nitrogen and oxygen atoms in total. The fourth-order valence-corrected chi connectivity index (χ4v) is 6.87. The molecule has 0 amide bonds. The van der Waals surface area contributed by atoms with Gasteiger partial charge in [0.25, 0.3) is 0 Å². The lowest BCUT2D eigenvalue weighted by molar-refractivity contribution is -0.143. The number of aryl methyl sites for hydroxylation is 2. The number of fused-ring (bicyclic) bond motifs is 2. The first-order chi connectivity index (χ1) is 19.6. The second kappa shape index (κ2) is 11.5. The number of esters is 1. The first-order valence-electron chi connectivity index (χ1n) is 13.4. The van der Waals surface area contributed by atoms with Crippen LogP contribution in [0, 0.1) is 18.3 Å². The van der Waals surface area contributed by atoms with E-state index in [2.05, 4.69) is 16.4 Å². The maximum Gasteiger partial charge on any atom is 0.306 e. The molecule has 41 heavy (non-hydrogen) atoms. The molecule has 4 aromatic rings. The van der Waals surface area contributed by atoms with E-state index in [4.69, 9.17) is 9.47 Å². The summed E-state index contributed by atoms with van der Waals surface area (Å²) in [5, 5.41) is 17.7. The molecule has 2 heterocycles. The van der Waals surface area contributed by atoms with Gasteiger partial charge in [0, 0.05) is 19.5 Å². The molecule has 3 aromatic carbocycles. The minimum Gasteiger partial charge on any atom is -0.487 e. The van der Waals surface area contributed by atoms with Gasteiger partial charge in [-0.05, 0) is 73.4 Å². The Labute approximate surface area is 240 Å². The highest BCUT2D eigenvalue weighted by molar-refractivity contribution is 8.22. The van der Waals surface area contributed by atoms with Crippen molar-refractivity contribution in [2.75, 3.05) is 13.2 Å². The van der Waals surface area contributed by atoms with E-state index in [1.165, 1.54) is 6.07 Å². The molecule has 1 aliphatic rings. The minimum absolute atomic E-state index is 0.135. The van der Waals surface area contributed by atoms with Crippen LogP contribution in [0.25, 0.3) is 11.0 Å². The summed E-state index contributed by atoms with van der Waals surface area (Å²) in [5.41, 5.74) is 5.58. The van der Waals surface area contributed by atoms with Crippen molar-refractivity contribution in [1.82, 2.24) is 19.3 Å². The second-order valence-corrected chi connectivity index (χ2v) is 12.2. The van der Waals surface area contributed by atoms with E-state index in [0.717, 1.165) is 33.3 Å². The van der Waals surface area contributed by atoms with Crippen LogP contribution in [-0.4, -0.2) is 53.6 Å². The molecule has 214 valence electrons. The van der Waals surface area contributed by atoms with Crippen LogP contribution in [0.3, 0.4) is 0 Å². The number of hydrogen-bond acceptors (Lipinski definition) is 9. The first kappa shape index (κ1) is 28.6. The van der Waals surface area contributed by atoms with Gasteiger partial charge in [0.15, 0.2) is 0 Å². The molecule has 2 unspecified atom stereocenters. The summed E-state index contributed by atoms with van der Waals surface area (Å²) >= 11 is 0. The van der Waals surface area contributed by atoms with Gasteiger partial charge >= 0.3 is 5.97 Å². The van der Waals surface area contributed by atoms with Gasteiger partial charge < -0.3 is 9.47 Å². The average Bonchev–Trinajstić information content (AvgIpc) is 3.28. The third-order valence-electron chi connectivity index (χ3n) is 7.35. The molecular formula is C30H33N5O5S. The van der Waals surface area contributed by atoms with Gasteiger partial charge in [-0.3, -0.25) is 13.9 Å². The Hall–Kier alpha value is -3.95. The predicted octanol–water partition coefficient (Wildman–Crippen LogP) is 5.54. The summed E-state index contributed by atoms with van der Waals surface area (Å²) in [5.74, 6) is -0.264. The van der Waals surface area contributed by atoms with Crippen LogP contribution < -0.4 is 4.74 Å². The van der Waals surface area contributed by atoms with Crippen molar-refractivity contribution in [2.24, 2.45) is 7.05 Å². The quantitative estimate of drug-likeness (QED) is 0.272. The summed E-state index contributed by atoms with van der Waals surface area (Å²) in [6, 6.07) is 18.6. The molecule has 2 atom stereocenters. The van der Waals surface area contributed by atoms with E-state index >= 15 is 0 Å². The standard InChI is InChI=1S/C30H33N5O5S/c1-5-39-30(36)15-25(23-9-10-27-26(14-23)32-33-34(27)4)22-8-6-19(2)24(13-22)18-35-17-20(3)40-28-11-7-21(16-31)12-29(28)41(35,37)38/h6-14,20,25,37-38H,5,15,17-18H2,1-4H3. The second-order valence-electron chi connectivity index (χ2n) is 10.3. The highest BCUT2D eigenvalue weighted by Gasteiger charge is 2.34. The molecule has 1 aliphatic heterocycles. The van der Waals surface area contributed by atoms with E-state index in [9.17, 15) is 19.2 Å². The number of benzene rings is 3. The monoisotopic (exact) mass is 575 g/mol. The highest BCUT2D eigenvalue weighted by Crippen LogP contribution is 2.57. The van der Waals surface area contributed by atoms with Crippen molar-refractivity contribution in [1.29, 1.82) is 5.26 Å². The number of ether oxygens (including phenoxy) is 2. The first-order valence-corrected chi connectivity index (χ1v) is 14.9. The summed E-state index contributed by atoms with van der Waals surface area (Å²) < 4.78 is 37.6. The fourth-order valence-electron chi connectivity index (χ4n) is 5.18. The zero-order chi connectivity index (χ0) is 29.3. The van der Waals surface area contributed by atoms with E-state index < -0.39 is 10.8 Å². The van der Waals surface area contributed by atoms with Crippen molar-refractivity contribution in [2.45, 2.75) is 50.7 Å². The molecule has 0 saturated heterocycles. The lowest BCUT2D eigenvalue weighted by Gasteiger charge is -2.42. The lowest BCUT2D eigenvalue weighted by Crippen LogP contribution is -2.33. The molecular weight excluding hydrogens is 542 g/mol. The summed E-state index contributed by atoms with van der Waals surface area (Å²) in [7, 11) is -1.64. The fraction of sp³-hybridized carbons (Fsp3) is 0.333. The number of hydrogen-bond donors (Lipinski definition) is 2. The van der Waals surface area contributed by atoms with Crippen LogP contribution in [-0.2, 0) is 23.1 Å². The maximum atomic E-state index is 12.7. The largest absolute Gasteiger partial charge is 0.487 e. The number of nitrogens with zero attached hydrogens (tertiary/aromatic N) is 5. The molecule has 2 N–H and O–H groups in total. The number of carbonyl (C=O) groups is 1. The van der Waals surface area contributed by atoms with Gasteiger partial charge in [-0.1, -0.05) is 29.5 Å². The number of carbonyl (C=O) groups excluding carboxylic acids is 1. The van der Waals surface area contributed by atoms with Gasteiger partial charge in [-0.25, -0.2) is 4.68 Å². The summed E-state index contributed by atoms with van der Waals surface area (Å²) in [6.07, 6.45) is -0.190. The SMILES string of the molecule is CCOC(=O)CC(c1ccc(C)c(CN2CC(C)Oc3ccc(C#N)cc3S2(O)O)c1)c1ccc2c(c1)nnn2C. The van der Waals surface area contributed by atoms with Crippen molar-refractivity contribution in [3.8, 4) is 11.8 Å². The molecule has 1 aromatic heterocycles. The van der Waals surface area contributed by atoms with Crippen LogP contribution in [0.2, 0.25) is 0 Å². The Morgan fingerprint density at radius 3 is 2.71 bits per heavy atom. The minimum atomic E-state index is -3.47. The lowest BCUT2D eigenvalue weighted by atomic mass is 9.86. The Morgan fingerprint density at radius 1 is 1.20 bits per heavy atom. The van der Waals surface area contributed by atoms with Gasteiger partial charge in [-0.2, -0.15) is 9.57 Å². The Morgan fingerprint density at radius 2 is 1.95 bits per heavy atom. The van der Waals surface area contributed by atoms with Gasteiger partial charge in [0.05, 0.1) is 36.7 Å². The predicted molar refractivity (Wildman–Crippen MR) is 156 cm³/mol. The summed E-state index contributed by atoms with van der Waals surface area (Å²) in [4.78, 5) is 12.9. The molecule has 0 bridgehead atoms. The van der Waals surface area contributed by atoms with Crippen LogP contribution in [0.5, 0.6) is 5.75 Å². The van der Waals surface area contributed by atoms with Crippen LogP contribution >= 0.6 is 10.8 Å². The van der Waals surface area contributed by atoms with Crippen molar-refractivity contribution in [3.05, 3.63) is 82.4 Å². The van der Waals surface area contributed by atoms with Crippen LogP contribution in [0.4, 0.5) is 0 Å². The number of aromatic nitrogens is 3. The average molecular weight is 576 g/mol. The maximum absolute atomic E-state index is 12.7. The van der Waals surface area contributed by atoms with Crippen molar-refractivity contribution >= 4 is 27.8 Å². The molecule has 0 fully saturated rings. The molecule has 0 saturated carbocycles.